The monoisotopic (exact) mass is 547 g/mol. The van der Waals surface area contributed by atoms with Gasteiger partial charge in [-0.1, -0.05) is 34.1 Å². The molecule has 0 saturated heterocycles. The molecule has 2 heterocycles. The van der Waals surface area contributed by atoms with Crippen LogP contribution in [0.15, 0.2) is 80.3 Å². The highest BCUT2D eigenvalue weighted by atomic mass is 79.9. The summed E-state index contributed by atoms with van der Waals surface area (Å²) in [5.41, 5.74) is 3.82. The van der Waals surface area contributed by atoms with Crippen molar-refractivity contribution in [1.82, 2.24) is 4.40 Å². The molecule has 0 fully saturated rings. The second-order valence-electron chi connectivity index (χ2n) is 6.03. The molecule has 27 heavy (non-hydrogen) atoms. The van der Waals surface area contributed by atoms with E-state index in [9.17, 15) is 9.90 Å². The molecule has 4 aromatic rings. The fourth-order valence-electron chi connectivity index (χ4n) is 3.04. The summed E-state index contributed by atoms with van der Waals surface area (Å²) in [5, 5.41) is 9.96. The Morgan fingerprint density at radius 3 is 2.22 bits per heavy atom. The molecule has 0 unspecified atom stereocenters. The lowest BCUT2D eigenvalue weighted by molar-refractivity contribution is 0.103. The molecule has 1 N–H and O–H groups in total. The molecular weight excluding hydrogens is 538 g/mol. The van der Waals surface area contributed by atoms with Crippen LogP contribution in [-0.4, -0.2) is 15.3 Å². The second kappa shape index (κ2) is 7.26. The molecule has 0 spiro atoms. The Kier molecular flexibility index (Phi) is 4.97. The number of hydrogen-bond acceptors (Lipinski definition) is 2. The van der Waals surface area contributed by atoms with Crippen LogP contribution in [0.5, 0.6) is 5.75 Å². The number of aromatic nitrogens is 1. The molecule has 0 aliphatic rings. The third kappa shape index (κ3) is 3.37. The Morgan fingerprint density at radius 2 is 1.56 bits per heavy atom. The van der Waals surface area contributed by atoms with Crippen molar-refractivity contribution in [3.8, 4) is 16.9 Å². The SMILES string of the molecule is O=C(c1cc(Br)c(O)c(Br)c1)c1c(-c2ccc(Br)cc2)cc2ccccn12. The fraction of sp³-hybridized carbons (Fsp3) is 0. The number of phenols is 1. The first-order valence-corrected chi connectivity index (χ1v) is 10.4. The Balaban J connectivity index is 1.96. The van der Waals surface area contributed by atoms with Crippen molar-refractivity contribution < 1.29 is 9.90 Å². The molecule has 0 radical (unpaired) electrons. The molecule has 0 aliphatic heterocycles. The van der Waals surface area contributed by atoms with E-state index in [0.717, 1.165) is 21.1 Å². The van der Waals surface area contributed by atoms with Crippen molar-refractivity contribution in [2.75, 3.05) is 0 Å². The maximum absolute atomic E-state index is 13.4. The van der Waals surface area contributed by atoms with E-state index in [1.807, 2.05) is 59.1 Å². The van der Waals surface area contributed by atoms with Gasteiger partial charge in [0.25, 0.3) is 0 Å². The third-order valence-corrected chi connectivity index (χ3v) is 6.07. The van der Waals surface area contributed by atoms with Gasteiger partial charge in [0, 0.05) is 27.3 Å². The predicted molar refractivity (Wildman–Crippen MR) is 117 cm³/mol. The number of nitrogens with zero attached hydrogens (tertiary/aromatic N) is 1. The highest BCUT2D eigenvalue weighted by Gasteiger charge is 2.21. The highest BCUT2D eigenvalue weighted by Crippen LogP contribution is 2.36. The standard InChI is InChI=1S/C21H12Br3NO2/c22-14-6-4-12(5-7-14)16-11-15-3-1-2-8-25(15)19(16)20(26)13-9-17(23)21(27)18(24)10-13/h1-11,27H. The summed E-state index contributed by atoms with van der Waals surface area (Å²) in [6, 6.07) is 19.0. The molecule has 0 amide bonds. The van der Waals surface area contributed by atoms with Crippen molar-refractivity contribution in [2.45, 2.75) is 0 Å². The zero-order valence-corrected chi connectivity index (χ0v) is 18.5. The van der Waals surface area contributed by atoms with E-state index in [1.54, 1.807) is 12.1 Å². The maximum atomic E-state index is 13.4. The number of pyridine rings is 1. The maximum Gasteiger partial charge on any atom is 0.210 e. The van der Waals surface area contributed by atoms with Gasteiger partial charge in [-0.2, -0.15) is 0 Å². The Hall–Kier alpha value is -1.89. The first kappa shape index (κ1) is 18.5. The van der Waals surface area contributed by atoms with E-state index in [4.69, 9.17) is 0 Å². The summed E-state index contributed by atoms with van der Waals surface area (Å²) in [6.07, 6.45) is 1.88. The van der Waals surface area contributed by atoms with Crippen LogP contribution in [0.1, 0.15) is 16.1 Å². The quantitative estimate of drug-likeness (QED) is 0.285. The summed E-state index contributed by atoms with van der Waals surface area (Å²) >= 11 is 10.1. The number of aromatic hydroxyl groups is 1. The van der Waals surface area contributed by atoms with Crippen molar-refractivity contribution in [2.24, 2.45) is 0 Å². The molecule has 2 aromatic carbocycles. The lowest BCUT2D eigenvalue weighted by atomic mass is 10.0. The van der Waals surface area contributed by atoms with Crippen LogP contribution in [-0.2, 0) is 0 Å². The Bertz CT molecular complexity index is 1160. The fourth-order valence-corrected chi connectivity index (χ4v) is 4.49. The number of phenolic OH excluding ortho intramolecular Hbond substituents is 1. The van der Waals surface area contributed by atoms with E-state index in [0.29, 0.717) is 20.2 Å². The minimum absolute atomic E-state index is 0.0692. The van der Waals surface area contributed by atoms with E-state index in [1.165, 1.54) is 0 Å². The third-order valence-electron chi connectivity index (χ3n) is 4.33. The van der Waals surface area contributed by atoms with Gasteiger partial charge >= 0.3 is 0 Å². The van der Waals surface area contributed by atoms with Crippen molar-refractivity contribution in [3.63, 3.8) is 0 Å². The van der Waals surface area contributed by atoms with Crippen molar-refractivity contribution in [3.05, 3.63) is 91.5 Å². The number of fused-ring (bicyclic) bond motifs is 1. The number of ketones is 1. The normalized spacial score (nSPS) is 11.1. The van der Waals surface area contributed by atoms with Gasteiger partial charge in [-0.05, 0) is 79.9 Å². The first-order valence-electron chi connectivity index (χ1n) is 8.04. The molecule has 2 aromatic heterocycles. The second-order valence-corrected chi connectivity index (χ2v) is 8.65. The lowest BCUT2D eigenvalue weighted by Gasteiger charge is -2.09. The number of hydrogen-bond donors (Lipinski definition) is 1. The molecule has 4 rings (SSSR count). The Morgan fingerprint density at radius 1 is 0.889 bits per heavy atom. The highest BCUT2D eigenvalue weighted by molar-refractivity contribution is 9.11. The molecule has 134 valence electrons. The largest absolute Gasteiger partial charge is 0.506 e. The lowest BCUT2D eigenvalue weighted by Crippen LogP contribution is -2.07. The van der Waals surface area contributed by atoms with E-state index in [-0.39, 0.29) is 11.5 Å². The predicted octanol–water partition coefficient (Wildman–Crippen LogP) is 6.83. The average molecular weight is 550 g/mol. The number of rotatable bonds is 3. The molecular formula is C21H12Br3NO2. The molecule has 0 atom stereocenters. The topological polar surface area (TPSA) is 41.7 Å². The van der Waals surface area contributed by atoms with Gasteiger partial charge < -0.3 is 9.51 Å². The van der Waals surface area contributed by atoms with Gasteiger partial charge in [0.05, 0.1) is 8.95 Å². The van der Waals surface area contributed by atoms with Crippen LogP contribution in [0.4, 0.5) is 0 Å². The van der Waals surface area contributed by atoms with Crippen LogP contribution < -0.4 is 0 Å². The van der Waals surface area contributed by atoms with Gasteiger partial charge in [0.15, 0.2) is 0 Å². The van der Waals surface area contributed by atoms with Crippen LogP contribution >= 0.6 is 47.8 Å². The summed E-state index contributed by atoms with van der Waals surface area (Å²) < 4.78 is 3.81. The molecule has 0 aliphatic carbocycles. The zero-order valence-electron chi connectivity index (χ0n) is 13.8. The summed E-state index contributed by atoms with van der Waals surface area (Å²) in [5.74, 6) is -0.0554. The van der Waals surface area contributed by atoms with Gasteiger partial charge in [-0.3, -0.25) is 4.79 Å². The van der Waals surface area contributed by atoms with E-state index < -0.39 is 0 Å². The van der Waals surface area contributed by atoms with E-state index >= 15 is 0 Å². The molecule has 0 bridgehead atoms. The molecule has 0 saturated carbocycles. The van der Waals surface area contributed by atoms with Gasteiger partial charge in [-0.25, -0.2) is 0 Å². The Labute approximate surface area is 181 Å². The number of benzene rings is 2. The van der Waals surface area contributed by atoms with Gasteiger partial charge in [-0.15, -0.1) is 0 Å². The van der Waals surface area contributed by atoms with Gasteiger partial charge in [0.1, 0.15) is 11.4 Å². The molecule has 3 nitrogen and oxygen atoms in total. The smallest absolute Gasteiger partial charge is 0.210 e. The summed E-state index contributed by atoms with van der Waals surface area (Å²) in [6.45, 7) is 0. The number of carbonyl (C=O) groups is 1. The number of halogens is 3. The minimum Gasteiger partial charge on any atom is -0.506 e. The first-order chi connectivity index (χ1) is 13.0. The van der Waals surface area contributed by atoms with Crippen LogP contribution in [0.2, 0.25) is 0 Å². The van der Waals surface area contributed by atoms with Crippen LogP contribution in [0, 0.1) is 0 Å². The van der Waals surface area contributed by atoms with Crippen LogP contribution in [0.25, 0.3) is 16.6 Å². The van der Waals surface area contributed by atoms with Crippen molar-refractivity contribution in [1.29, 1.82) is 0 Å². The number of carbonyl (C=O) groups excluding carboxylic acids is 1. The zero-order chi connectivity index (χ0) is 19.1. The minimum atomic E-state index is -0.125. The summed E-state index contributed by atoms with van der Waals surface area (Å²) in [7, 11) is 0. The average Bonchev–Trinajstić information content (AvgIpc) is 3.05. The summed E-state index contributed by atoms with van der Waals surface area (Å²) in [4.78, 5) is 13.4. The van der Waals surface area contributed by atoms with E-state index in [2.05, 4.69) is 47.8 Å². The molecule has 6 heteroatoms. The van der Waals surface area contributed by atoms with Crippen molar-refractivity contribution >= 4 is 59.1 Å². The van der Waals surface area contributed by atoms with Gasteiger partial charge in [0.2, 0.25) is 5.78 Å². The van der Waals surface area contributed by atoms with Crippen LogP contribution in [0.3, 0.4) is 0 Å².